The molecule has 128 valence electrons. The van der Waals surface area contributed by atoms with Crippen LogP contribution < -0.4 is 5.32 Å². The van der Waals surface area contributed by atoms with Crippen LogP contribution in [-0.4, -0.2) is 21.9 Å². The molecule has 4 nitrogen and oxygen atoms in total. The zero-order valence-corrected chi connectivity index (χ0v) is 15.2. The summed E-state index contributed by atoms with van der Waals surface area (Å²) >= 11 is 1.62. The number of benzene rings is 1. The number of amides is 1. The van der Waals surface area contributed by atoms with E-state index in [0.29, 0.717) is 6.42 Å². The topological polar surface area (TPSA) is 54.9 Å². The minimum atomic E-state index is 0.0655. The van der Waals surface area contributed by atoms with E-state index in [1.807, 2.05) is 43.3 Å². The second-order valence-electron chi connectivity index (χ2n) is 6.02. The second kappa shape index (κ2) is 8.03. The molecule has 1 atom stereocenters. The van der Waals surface area contributed by atoms with E-state index in [9.17, 15) is 4.79 Å². The van der Waals surface area contributed by atoms with E-state index >= 15 is 0 Å². The molecular weight excluding hydrogens is 330 g/mol. The monoisotopic (exact) mass is 351 g/mol. The van der Waals surface area contributed by atoms with Crippen molar-refractivity contribution < 1.29 is 4.79 Å². The quantitative estimate of drug-likeness (QED) is 0.719. The van der Waals surface area contributed by atoms with Gasteiger partial charge in [0.25, 0.3) is 0 Å². The van der Waals surface area contributed by atoms with Crippen molar-refractivity contribution in [3.63, 3.8) is 0 Å². The van der Waals surface area contributed by atoms with Crippen LogP contribution in [0.25, 0.3) is 21.8 Å². The predicted octanol–water partition coefficient (Wildman–Crippen LogP) is 4.33. The smallest absolute Gasteiger partial charge is 0.224 e. The number of rotatable bonds is 6. The Bertz CT molecular complexity index is 828. The molecule has 0 radical (unpaired) electrons. The van der Waals surface area contributed by atoms with E-state index in [0.717, 1.165) is 33.8 Å². The van der Waals surface area contributed by atoms with Gasteiger partial charge in [-0.3, -0.25) is 9.78 Å². The summed E-state index contributed by atoms with van der Waals surface area (Å²) < 4.78 is 0. The molecule has 1 aromatic carbocycles. The Hall–Kier alpha value is -2.53. The summed E-state index contributed by atoms with van der Waals surface area (Å²) in [6, 6.07) is 12.2. The molecular formula is C20H21N3OS. The molecule has 0 bridgehead atoms. The average molecular weight is 351 g/mol. The molecule has 5 heteroatoms. The Morgan fingerprint density at radius 3 is 2.52 bits per heavy atom. The van der Waals surface area contributed by atoms with Crippen LogP contribution in [0.2, 0.25) is 0 Å². The molecule has 2 aromatic heterocycles. The van der Waals surface area contributed by atoms with Gasteiger partial charge in [-0.25, -0.2) is 4.98 Å². The number of carbonyl (C=O) groups is 1. The van der Waals surface area contributed by atoms with Gasteiger partial charge in [0.05, 0.1) is 12.1 Å². The van der Waals surface area contributed by atoms with Crippen LogP contribution in [-0.2, 0) is 11.2 Å². The Kier molecular flexibility index (Phi) is 5.56. The third-order valence-corrected chi connectivity index (χ3v) is 4.96. The first-order valence-corrected chi connectivity index (χ1v) is 9.28. The molecule has 0 spiro atoms. The molecule has 3 aromatic rings. The molecule has 1 amide bonds. The summed E-state index contributed by atoms with van der Waals surface area (Å²) in [5.74, 6) is 0.0655. The van der Waals surface area contributed by atoms with Gasteiger partial charge in [-0.1, -0.05) is 31.2 Å². The molecule has 0 fully saturated rings. The first-order chi connectivity index (χ1) is 12.2. The van der Waals surface area contributed by atoms with E-state index in [1.165, 1.54) is 0 Å². The zero-order valence-electron chi connectivity index (χ0n) is 14.4. The van der Waals surface area contributed by atoms with Crippen LogP contribution in [0.15, 0.2) is 54.2 Å². The first kappa shape index (κ1) is 17.3. The maximum atomic E-state index is 12.0. The SMILES string of the molecule is CCC(C)NC(=O)Cc1ccc(-c2csc(-c3ccncc3)n2)cc1. The largest absolute Gasteiger partial charge is 0.353 e. The maximum Gasteiger partial charge on any atom is 0.224 e. The molecule has 25 heavy (non-hydrogen) atoms. The highest BCUT2D eigenvalue weighted by Crippen LogP contribution is 2.28. The number of thiazole rings is 1. The van der Waals surface area contributed by atoms with Crippen molar-refractivity contribution in [3.05, 3.63) is 59.7 Å². The third kappa shape index (κ3) is 4.51. The third-order valence-electron chi connectivity index (χ3n) is 4.07. The van der Waals surface area contributed by atoms with E-state index in [2.05, 4.69) is 22.6 Å². The van der Waals surface area contributed by atoms with Crippen molar-refractivity contribution >= 4 is 17.2 Å². The normalized spacial score (nSPS) is 11.9. The summed E-state index contributed by atoms with van der Waals surface area (Å²) in [6.07, 6.45) is 4.89. The van der Waals surface area contributed by atoms with Gasteiger partial charge in [-0.2, -0.15) is 0 Å². The van der Waals surface area contributed by atoms with Crippen LogP contribution in [0.5, 0.6) is 0 Å². The molecule has 1 N–H and O–H groups in total. The summed E-state index contributed by atoms with van der Waals surface area (Å²) in [5.41, 5.74) is 4.09. The highest BCUT2D eigenvalue weighted by atomic mass is 32.1. The summed E-state index contributed by atoms with van der Waals surface area (Å²) in [4.78, 5) is 20.7. The van der Waals surface area contributed by atoms with Crippen molar-refractivity contribution in [1.82, 2.24) is 15.3 Å². The lowest BCUT2D eigenvalue weighted by molar-refractivity contribution is -0.121. The van der Waals surface area contributed by atoms with Crippen molar-refractivity contribution in [2.45, 2.75) is 32.7 Å². The Morgan fingerprint density at radius 2 is 1.84 bits per heavy atom. The minimum Gasteiger partial charge on any atom is -0.353 e. The highest BCUT2D eigenvalue weighted by Gasteiger charge is 2.09. The van der Waals surface area contributed by atoms with Crippen molar-refractivity contribution in [1.29, 1.82) is 0 Å². The number of carbonyl (C=O) groups excluding carboxylic acids is 1. The van der Waals surface area contributed by atoms with Crippen molar-refractivity contribution in [3.8, 4) is 21.8 Å². The standard InChI is InChI=1S/C20H21N3OS/c1-3-14(2)22-19(24)12-15-4-6-16(7-5-15)18-13-25-20(23-18)17-8-10-21-11-9-17/h4-11,13-14H,3,12H2,1-2H3,(H,22,24). The second-order valence-corrected chi connectivity index (χ2v) is 6.88. The number of hydrogen-bond acceptors (Lipinski definition) is 4. The molecule has 0 aliphatic rings. The van der Waals surface area contributed by atoms with Crippen molar-refractivity contribution in [2.75, 3.05) is 0 Å². The van der Waals surface area contributed by atoms with Crippen LogP contribution >= 0.6 is 11.3 Å². The lowest BCUT2D eigenvalue weighted by Gasteiger charge is -2.11. The van der Waals surface area contributed by atoms with Gasteiger partial charge in [0.2, 0.25) is 5.91 Å². The molecule has 3 rings (SSSR count). The molecule has 2 heterocycles. The number of nitrogens with one attached hydrogen (secondary N) is 1. The first-order valence-electron chi connectivity index (χ1n) is 8.40. The van der Waals surface area contributed by atoms with Gasteiger partial charge in [0.15, 0.2) is 0 Å². The molecule has 0 saturated heterocycles. The summed E-state index contributed by atoms with van der Waals surface area (Å²) in [5, 5.41) is 6.03. The summed E-state index contributed by atoms with van der Waals surface area (Å²) in [7, 11) is 0. The lowest BCUT2D eigenvalue weighted by atomic mass is 10.1. The highest BCUT2D eigenvalue weighted by molar-refractivity contribution is 7.13. The maximum absolute atomic E-state index is 12.0. The van der Waals surface area contributed by atoms with Gasteiger partial charge in [0, 0.05) is 34.9 Å². The van der Waals surface area contributed by atoms with Crippen LogP contribution in [0.1, 0.15) is 25.8 Å². The van der Waals surface area contributed by atoms with Gasteiger partial charge >= 0.3 is 0 Å². The van der Waals surface area contributed by atoms with Crippen LogP contribution in [0.3, 0.4) is 0 Å². The number of hydrogen-bond donors (Lipinski definition) is 1. The van der Waals surface area contributed by atoms with Crippen LogP contribution in [0, 0.1) is 0 Å². The molecule has 1 unspecified atom stereocenters. The van der Waals surface area contributed by atoms with E-state index in [1.54, 1.807) is 23.7 Å². The number of nitrogens with zero attached hydrogens (tertiary/aromatic N) is 2. The average Bonchev–Trinajstić information content (AvgIpc) is 3.13. The van der Waals surface area contributed by atoms with Gasteiger partial charge < -0.3 is 5.32 Å². The minimum absolute atomic E-state index is 0.0655. The van der Waals surface area contributed by atoms with Gasteiger partial charge in [0.1, 0.15) is 5.01 Å². The van der Waals surface area contributed by atoms with E-state index in [4.69, 9.17) is 4.98 Å². The molecule has 0 aliphatic heterocycles. The molecule has 0 saturated carbocycles. The fraction of sp³-hybridized carbons (Fsp3) is 0.250. The Balaban J connectivity index is 1.69. The lowest BCUT2D eigenvalue weighted by Crippen LogP contribution is -2.33. The number of pyridine rings is 1. The van der Waals surface area contributed by atoms with E-state index in [-0.39, 0.29) is 11.9 Å². The predicted molar refractivity (Wildman–Crippen MR) is 102 cm³/mol. The van der Waals surface area contributed by atoms with Gasteiger partial charge in [-0.05, 0) is 31.0 Å². The van der Waals surface area contributed by atoms with Gasteiger partial charge in [-0.15, -0.1) is 11.3 Å². The van der Waals surface area contributed by atoms with E-state index < -0.39 is 0 Å². The number of aromatic nitrogens is 2. The summed E-state index contributed by atoms with van der Waals surface area (Å²) in [6.45, 7) is 4.08. The fourth-order valence-electron chi connectivity index (χ4n) is 2.44. The Morgan fingerprint density at radius 1 is 1.12 bits per heavy atom. The zero-order chi connectivity index (χ0) is 17.6. The fourth-order valence-corrected chi connectivity index (χ4v) is 3.28. The molecule has 0 aliphatic carbocycles. The van der Waals surface area contributed by atoms with Crippen molar-refractivity contribution in [2.24, 2.45) is 0 Å². The Labute approximate surface area is 152 Å². The van der Waals surface area contributed by atoms with Crippen LogP contribution in [0.4, 0.5) is 0 Å².